The number of anilines is 1. The third-order valence-corrected chi connectivity index (χ3v) is 4.63. The quantitative estimate of drug-likeness (QED) is 0.903. The van der Waals surface area contributed by atoms with E-state index in [0.717, 1.165) is 5.56 Å². The lowest BCUT2D eigenvalue weighted by atomic mass is 10.1. The Bertz CT molecular complexity index is 727. The molecule has 0 bridgehead atoms. The van der Waals surface area contributed by atoms with Crippen molar-refractivity contribution in [1.82, 2.24) is 4.98 Å². The molecule has 0 aliphatic rings. The van der Waals surface area contributed by atoms with Crippen LogP contribution in [-0.2, 0) is 16.6 Å². The summed E-state index contributed by atoms with van der Waals surface area (Å²) in [6.45, 7) is 3.27. The van der Waals surface area contributed by atoms with Gasteiger partial charge in [-0.1, -0.05) is 12.1 Å². The van der Waals surface area contributed by atoms with Gasteiger partial charge in [0.25, 0.3) is 10.0 Å². The summed E-state index contributed by atoms with van der Waals surface area (Å²) in [6, 6.07) is 6.45. The Kier molecular flexibility index (Phi) is 4.06. The Morgan fingerprint density at radius 2 is 2.00 bits per heavy atom. The molecule has 2 N–H and O–H groups in total. The summed E-state index contributed by atoms with van der Waals surface area (Å²) < 4.78 is 27.4. The highest BCUT2D eigenvalue weighted by molar-refractivity contribution is 7.92. The molecule has 0 unspecified atom stereocenters. The summed E-state index contributed by atoms with van der Waals surface area (Å²) in [6.07, 6.45) is 3.12. The van der Waals surface area contributed by atoms with Gasteiger partial charge in [-0.25, -0.2) is 8.42 Å². The molecular formula is C14H16N2O3S. The maximum absolute atomic E-state index is 12.4. The second kappa shape index (κ2) is 5.60. The first kappa shape index (κ1) is 14.5. The highest BCUT2D eigenvalue weighted by Gasteiger charge is 2.19. The monoisotopic (exact) mass is 292 g/mol. The molecular weight excluding hydrogens is 276 g/mol. The molecule has 0 radical (unpaired) electrons. The van der Waals surface area contributed by atoms with Crippen molar-refractivity contribution in [3.05, 3.63) is 53.3 Å². The number of pyridine rings is 1. The van der Waals surface area contributed by atoms with Crippen LogP contribution in [0.5, 0.6) is 0 Å². The van der Waals surface area contributed by atoms with Gasteiger partial charge < -0.3 is 5.11 Å². The minimum absolute atomic E-state index is 0.167. The van der Waals surface area contributed by atoms with Crippen molar-refractivity contribution in [2.24, 2.45) is 0 Å². The summed E-state index contributed by atoms with van der Waals surface area (Å²) in [7, 11) is -3.69. The molecule has 1 aromatic carbocycles. The number of hydrogen-bond acceptors (Lipinski definition) is 4. The predicted octanol–water partition coefficient (Wildman–Crippen LogP) is 1.99. The van der Waals surface area contributed by atoms with Gasteiger partial charge in [0.2, 0.25) is 0 Å². The number of aliphatic hydroxyl groups excluding tert-OH is 1. The molecule has 0 aliphatic carbocycles. The van der Waals surface area contributed by atoms with E-state index in [1.54, 1.807) is 38.2 Å². The van der Waals surface area contributed by atoms with Gasteiger partial charge in [-0.15, -0.1) is 0 Å². The van der Waals surface area contributed by atoms with E-state index in [-0.39, 0.29) is 11.5 Å². The fourth-order valence-electron chi connectivity index (χ4n) is 1.91. The number of nitrogens with zero attached hydrogens (tertiary/aromatic N) is 1. The fourth-order valence-corrected chi connectivity index (χ4v) is 3.33. The van der Waals surface area contributed by atoms with Crippen molar-refractivity contribution < 1.29 is 13.5 Å². The Labute approximate surface area is 118 Å². The third-order valence-electron chi connectivity index (χ3n) is 3.12. The normalized spacial score (nSPS) is 11.3. The average Bonchev–Trinajstić information content (AvgIpc) is 2.41. The summed E-state index contributed by atoms with van der Waals surface area (Å²) in [5, 5.41) is 9.22. The van der Waals surface area contributed by atoms with Gasteiger partial charge in [0, 0.05) is 12.4 Å². The Morgan fingerprint density at radius 1 is 1.25 bits per heavy atom. The van der Waals surface area contributed by atoms with E-state index in [4.69, 9.17) is 0 Å². The number of hydrogen-bond donors (Lipinski definition) is 2. The van der Waals surface area contributed by atoms with Crippen LogP contribution in [0.4, 0.5) is 5.69 Å². The molecule has 0 aliphatic heterocycles. The van der Waals surface area contributed by atoms with Crippen molar-refractivity contribution in [1.29, 1.82) is 0 Å². The lowest BCUT2D eigenvalue weighted by molar-refractivity contribution is 0.280. The van der Waals surface area contributed by atoms with Crippen LogP contribution in [-0.4, -0.2) is 18.5 Å². The summed E-state index contributed by atoms with van der Waals surface area (Å²) in [4.78, 5) is 4.09. The van der Waals surface area contributed by atoms with Crippen molar-refractivity contribution in [3.8, 4) is 0 Å². The minimum Gasteiger partial charge on any atom is -0.392 e. The fraction of sp³-hybridized carbons (Fsp3) is 0.214. The maximum atomic E-state index is 12.4. The number of sulfonamides is 1. The van der Waals surface area contributed by atoms with Crippen LogP contribution < -0.4 is 4.72 Å². The summed E-state index contributed by atoms with van der Waals surface area (Å²) in [5.41, 5.74) is 2.38. The second-order valence-corrected chi connectivity index (χ2v) is 6.15. The van der Waals surface area contributed by atoms with Crippen LogP contribution in [0.1, 0.15) is 16.7 Å². The van der Waals surface area contributed by atoms with Gasteiger partial charge in [-0.2, -0.15) is 0 Å². The van der Waals surface area contributed by atoms with Gasteiger partial charge in [0.1, 0.15) is 0 Å². The predicted molar refractivity (Wildman–Crippen MR) is 76.9 cm³/mol. The van der Waals surface area contributed by atoms with E-state index in [9.17, 15) is 13.5 Å². The molecule has 106 valence electrons. The standard InChI is InChI=1S/C14H16N2O3S/c1-10-8-15-7-6-13(10)16-20(18,19)14-5-3-4-12(9-17)11(14)2/h3-8,17H,9H2,1-2H3,(H,15,16). The summed E-state index contributed by atoms with van der Waals surface area (Å²) in [5.74, 6) is 0. The topological polar surface area (TPSA) is 79.3 Å². The summed E-state index contributed by atoms with van der Waals surface area (Å²) >= 11 is 0. The maximum Gasteiger partial charge on any atom is 0.262 e. The van der Waals surface area contributed by atoms with E-state index in [2.05, 4.69) is 9.71 Å². The lowest BCUT2D eigenvalue weighted by Gasteiger charge is -2.13. The first-order valence-corrected chi connectivity index (χ1v) is 7.57. The van der Waals surface area contributed by atoms with Crippen molar-refractivity contribution in [3.63, 3.8) is 0 Å². The Hall–Kier alpha value is -1.92. The number of aliphatic hydroxyl groups is 1. The number of aromatic nitrogens is 1. The Morgan fingerprint density at radius 3 is 2.65 bits per heavy atom. The zero-order valence-corrected chi connectivity index (χ0v) is 12.1. The van der Waals surface area contributed by atoms with Gasteiger partial charge in [-0.3, -0.25) is 9.71 Å². The molecule has 2 rings (SSSR count). The van der Waals surface area contributed by atoms with E-state index in [0.29, 0.717) is 16.8 Å². The molecule has 0 spiro atoms. The van der Waals surface area contributed by atoms with Crippen LogP contribution >= 0.6 is 0 Å². The highest BCUT2D eigenvalue weighted by atomic mass is 32.2. The largest absolute Gasteiger partial charge is 0.392 e. The molecule has 0 saturated carbocycles. The van der Waals surface area contributed by atoms with Crippen LogP contribution in [0.25, 0.3) is 0 Å². The van der Waals surface area contributed by atoms with Crippen molar-refractivity contribution in [2.45, 2.75) is 25.3 Å². The molecule has 2 aromatic rings. The highest BCUT2D eigenvalue weighted by Crippen LogP contribution is 2.23. The second-order valence-electron chi connectivity index (χ2n) is 4.49. The average molecular weight is 292 g/mol. The van der Waals surface area contributed by atoms with Gasteiger partial charge in [0.15, 0.2) is 0 Å². The van der Waals surface area contributed by atoms with E-state index in [1.807, 2.05) is 0 Å². The Balaban J connectivity index is 2.44. The molecule has 0 atom stereocenters. The third kappa shape index (κ3) is 2.81. The number of nitrogens with one attached hydrogen (secondary N) is 1. The van der Waals surface area contributed by atoms with Gasteiger partial charge in [0.05, 0.1) is 17.2 Å². The number of rotatable bonds is 4. The van der Waals surface area contributed by atoms with Gasteiger partial charge in [-0.05, 0) is 42.7 Å². The first-order chi connectivity index (χ1) is 9.45. The smallest absolute Gasteiger partial charge is 0.262 e. The molecule has 1 aromatic heterocycles. The van der Waals surface area contributed by atoms with Crippen LogP contribution in [0.2, 0.25) is 0 Å². The molecule has 0 fully saturated rings. The van der Waals surface area contributed by atoms with Crippen molar-refractivity contribution >= 4 is 15.7 Å². The molecule has 20 heavy (non-hydrogen) atoms. The van der Waals surface area contributed by atoms with E-state index >= 15 is 0 Å². The van der Waals surface area contributed by atoms with E-state index < -0.39 is 10.0 Å². The van der Waals surface area contributed by atoms with Crippen LogP contribution in [0.15, 0.2) is 41.6 Å². The minimum atomic E-state index is -3.69. The number of benzene rings is 1. The van der Waals surface area contributed by atoms with Crippen molar-refractivity contribution in [2.75, 3.05) is 4.72 Å². The van der Waals surface area contributed by atoms with Gasteiger partial charge >= 0.3 is 0 Å². The van der Waals surface area contributed by atoms with Crippen LogP contribution in [0, 0.1) is 13.8 Å². The SMILES string of the molecule is Cc1cnccc1NS(=O)(=O)c1cccc(CO)c1C. The molecule has 1 heterocycles. The zero-order chi connectivity index (χ0) is 14.8. The number of aryl methyl sites for hydroxylation is 1. The van der Waals surface area contributed by atoms with Crippen LogP contribution in [0.3, 0.4) is 0 Å². The molecule has 5 nitrogen and oxygen atoms in total. The first-order valence-electron chi connectivity index (χ1n) is 6.08. The molecule has 0 saturated heterocycles. The zero-order valence-electron chi connectivity index (χ0n) is 11.3. The molecule has 6 heteroatoms. The molecule has 0 amide bonds. The van der Waals surface area contributed by atoms with E-state index in [1.165, 1.54) is 12.3 Å². The lowest BCUT2D eigenvalue weighted by Crippen LogP contribution is -2.15.